The molecule has 1 fully saturated rings. The molecular formula is C26H42N4O3S. The quantitative estimate of drug-likeness (QED) is 0.437. The number of aromatic nitrogens is 2. The molecule has 0 unspecified atom stereocenters. The predicted molar refractivity (Wildman–Crippen MR) is 144 cm³/mol. The first-order chi connectivity index (χ1) is 15.8. The smallest absolute Gasteiger partial charge is 0.316 e. The van der Waals surface area contributed by atoms with E-state index in [9.17, 15) is 5.11 Å². The summed E-state index contributed by atoms with van der Waals surface area (Å²) in [6.07, 6.45) is 7.24. The van der Waals surface area contributed by atoms with Gasteiger partial charge in [0.25, 0.3) is 0 Å². The molecule has 34 heavy (non-hydrogen) atoms. The van der Waals surface area contributed by atoms with Crippen molar-refractivity contribution in [3.8, 4) is 6.01 Å². The van der Waals surface area contributed by atoms with Gasteiger partial charge in [0, 0.05) is 25.8 Å². The van der Waals surface area contributed by atoms with E-state index < -0.39 is 5.60 Å². The topological polar surface area (TPSA) is 79.7 Å². The van der Waals surface area contributed by atoms with Crippen molar-refractivity contribution in [2.24, 2.45) is 0 Å². The molecule has 0 bridgehead atoms. The van der Waals surface area contributed by atoms with E-state index in [0.29, 0.717) is 25.1 Å². The molecule has 1 atom stereocenters. The van der Waals surface area contributed by atoms with Gasteiger partial charge in [0.05, 0.1) is 41.7 Å². The van der Waals surface area contributed by atoms with E-state index in [4.69, 9.17) is 9.47 Å². The molecular weight excluding hydrogens is 448 g/mol. The van der Waals surface area contributed by atoms with Gasteiger partial charge in [0.1, 0.15) is 0 Å². The van der Waals surface area contributed by atoms with Gasteiger partial charge in [0.15, 0.2) is 0 Å². The number of nitrogens with zero attached hydrogens (tertiary/aromatic N) is 3. The Labute approximate surface area is 211 Å². The molecule has 2 aromatic rings. The molecule has 2 heterocycles. The number of benzene rings is 1. The maximum atomic E-state index is 10.4. The van der Waals surface area contributed by atoms with Crippen molar-refractivity contribution in [1.29, 1.82) is 0 Å². The third-order valence-corrected chi connectivity index (χ3v) is 6.19. The third kappa shape index (κ3) is 7.75. The number of hydrogen-bond acceptors (Lipinski definition) is 7. The van der Waals surface area contributed by atoms with Gasteiger partial charge in [-0.3, -0.25) is 0 Å². The van der Waals surface area contributed by atoms with Crippen molar-refractivity contribution >= 4 is 30.6 Å². The molecule has 0 radical (unpaired) electrons. The Hall–Kier alpha value is -2.03. The molecule has 2 N–H and O–H groups in total. The van der Waals surface area contributed by atoms with Gasteiger partial charge in [-0.25, -0.2) is 9.97 Å². The van der Waals surface area contributed by atoms with E-state index in [2.05, 4.69) is 52.2 Å². The highest BCUT2D eigenvalue weighted by Gasteiger charge is 2.25. The number of hydrogen-bond donors (Lipinski definition) is 2. The molecule has 8 heteroatoms. The van der Waals surface area contributed by atoms with Crippen molar-refractivity contribution in [2.75, 3.05) is 36.6 Å². The lowest BCUT2D eigenvalue weighted by Crippen LogP contribution is -2.39. The average molecular weight is 491 g/mol. The lowest BCUT2D eigenvalue weighted by atomic mass is 9.85. The fraction of sp³-hybridized carbons (Fsp3) is 0.615. The van der Waals surface area contributed by atoms with Crippen LogP contribution in [0.5, 0.6) is 6.01 Å². The molecule has 1 saturated heterocycles. The van der Waals surface area contributed by atoms with Crippen molar-refractivity contribution in [2.45, 2.75) is 77.9 Å². The van der Waals surface area contributed by atoms with Crippen LogP contribution < -0.4 is 15.0 Å². The van der Waals surface area contributed by atoms with Gasteiger partial charge in [-0.15, -0.1) is 0 Å². The fourth-order valence-corrected chi connectivity index (χ4v) is 4.62. The van der Waals surface area contributed by atoms with Crippen LogP contribution in [0.4, 0.5) is 17.1 Å². The number of anilines is 3. The molecule has 0 saturated carbocycles. The Morgan fingerprint density at radius 1 is 1.18 bits per heavy atom. The van der Waals surface area contributed by atoms with E-state index in [0.717, 1.165) is 50.4 Å². The molecule has 0 aliphatic carbocycles. The molecule has 0 spiro atoms. The van der Waals surface area contributed by atoms with Gasteiger partial charge in [-0.2, -0.15) is 13.5 Å². The van der Waals surface area contributed by atoms with Gasteiger partial charge in [-0.05, 0) is 77.0 Å². The van der Waals surface area contributed by atoms with Crippen molar-refractivity contribution in [3.05, 3.63) is 36.2 Å². The van der Waals surface area contributed by atoms with E-state index >= 15 is 0 Å². The molecule has 190 valence electrons. The zero-order chi connectivity index (χ0) is 23.8. The van der Waals surface area contributed by atoms with Gasteiger partial charge >= 0.3 is 6.01 Å². The average Bonchev–Trinajstić information content (AvgIpc) is 2.80. The lowest BCUT2D eigenvalue weighted by Gasteiger charge is -2.37. The van der Waals surface area contributed by atoms with E-state index in [1.54, 1.807) is 12.4 Å². The summed E-state index contributed by atoms with van der Waals surface area (Å²) >= 11 is 0. The predicted octanol–water partition coefficient (Wildman–Crippen LogP) is 5.39. The van der Waals surface area contributed by atoms with E-state index in [1.807, 2.05) is 20.8 Å². The maximum Gasteiger partial charge on any atom is 0.316 e. The standard InChI is InChI=1S/C26H40N4O3.H2S/c1-6-19(16-26(4,5)31)20-9-10-24(30(7-2)22-11-13-32-14-12-22)23(15-20)29-21-17-27-25(28-18-21)33-8-3;/h9-10,15,17-19,22,29,31H,6-8,11-14,16H2,1-5H3;1H2/t19-;/m0./s1. The van der Waals surface area contributed by atoms with Gasteiger partial charge in [-0.1, -0.05) is 13.0 Å². The summed E-state index contributed by atoms with van der Waals surface area (Å²) in [4.78, 5) is 11.1. The molecule has 1 aromatic heterocycles. The summed E-state index contributed by atoms with van der Waals surface area (Å²) in [6, 6.07) is 7.50. The Balaban J connectivity index is 0.00000408. The summed E-state index contributed by atoms with van der Waals surface area (Å²) in [6.45, 7) is 13.1. The summed E-state index contributed by atoms with van der Waals surface area (Å²) < 4.78 is 11.0. The first-order valence-corrected chi connectivity index (χ1v) is 12.3. The van der Waals surface area contributed by atoms with Crippen molar-refractivity contribution in [1.82, 2.24) is 9.97 Å². The van der Waals surface area contributed by atoms with Crippen molar-refractivity contribution in [3.63, 3.8) is 0 Å². The highest BCUT2D eigenvalue weighted by molar-refractivity contribution is 7.59. The Kier molecular flexibility index (Phi) is 10.9. The third-order valence-electron chi connectivity index (χ3n) is 6.19. The normalized spacial score (nSPS) is 15.4. The van der Waals surface area contributed by atoms with Crippen LogP contribution in [0, 0.1) is 0 Å². The summed E-state index contributed by atoms with van der Waals surface area (Å²) in [5, 5.41) is 14.0. The number of rotatable bonds is 11. The largest absolute Gasteiger partial charge is 0.464 e. The monoisotopic (exact) mass is 490 g/mol. The Morgan fingerprint density at radius 2 is 1.85 bits per heavy atom. The minimum absolute atomic E-state index is 0. The Morgan fingerprint density at radius 3 is 2.41 bits per heavy atom. The lowest BCUT2D eigenvalue weighted by molar-refractivity contribution is 0.0624. The SMILES string of the molecule is CCOc1ncc(Nc2cc([C@@H](CC)CC(C)(C)O)ccc2N(CC)C2CCOCC2)cn1.S. The molecule has 1 aliphatic rings. The minimum atomic E-state index is -0.715. The Bertz CT molecular complexity index is 867. The molecule has 3 rings (SSSR count). The van der Waals surface area contributed by atoms with E-state index in [1.165, 1.54) is 11.3 Å². The van der Waals surface area contributed by atoms with Crippen molar-refractivity contribution < 1.29 is 14.6 Å². The molecule has 1 aliphatic heterocycles. The first kappa shape index (κ1) is 28.2. The maximum absolute atomic E-state index is 10.4. The fourth-order valence-electron chi connectivity index (χ4n) is 4.62. The molecule has 0 amide bonds. The summed E-state index contributed by atoms with van der Waals surface area (Å²) in [5.74, 6) is 0.273. The van der Waals surface area contributed by atoms with Crippen LogP contribution in [0.15, 0.2) is 30.6 Å². The number of aliphatic hydroxyl groups is 1. The van der Waals surface area contributed by atoms with Crippen LogP contribution in [0.3, 0.4) is 0 Å². The van der Waals surface area contributed by atoms with E-state index in [-0.39, 0.29) is 19.4 Å². The molecule has 7 nitrogen and oxygen atoms in total. The first-order valence-electron chi connectivity index (χ1n) is 12.3. The van der Waals surface area contributed by atoms with Crippen LogP contribution in [0.25, 0.3) is 0 Å². The highest BCUT2D eigenvalue weighted by atomic mass is 32.1. The second-order valence-corrected chi connectivity index (χ2v) is 9.34. The zero-order valence-corrected chi connectivity index (χ0v) is 22.3. The van der Waals surface area contributed by atoms with Crippen LogP contribution in [-0.2, 0) is 4.74 Å². The van der Waals surface area contributed by atoms with Gasteiger partial charge in [0.2, 0.25) is 0 Å². The van der Waals surface area contributed by atoms with Crippen LogP contribution in [-0.4, -0.2) is 53.1 Å². The van der Waals surface area contributed by atoms with Crippen LogP contribution >= 0.6 is 13.5 Å². The summed E-state index contributed by atoms with van der Waals surface area (Å²) in [5.41, 5.74) is 3.52. The highest BCUT2D eigenvalue weighted by Crippen LogP contribution is 2.37. The molecule has 1 aromatic carbocycles. The zero-order valence-electron chi connectivity index (χ0n) is 21.3. The second kappa shape index (κ2) is 13.2. The minimum Gasteiger partial charge on any atom is -0.464 e. The summed E-state index contributed by atoms with van der Waals surface area (Å²) in [7, 11) is 0. The second-order valence-electron chi connectivity index (χ2n) is 9.34. The van der Waals surface area contributed by atoms with Gasteiger partial charge < -0.3 is 24.8 Å². The van der Waals surface area contributed by atoms with Crippen LogP contribution in [0.1, 0.15) is 71.8 Å². The van der Waals surface area contributed by atoms with Crippen LogP contribution in [0.2, 0.25) is 0 Å². The number of ether oxygens (including phenoxy) is 2. The number of nitrogens with one attached hydrogen (secondary N) is 1.